The number of anilines is 1. The number of fused-ring (bicyclic) bond motifs is 1. The molecule has 1 fully saturated rings. The summed E-state index contributed by atoms with van der Waals surface area (Å²) in [5, 5.41) is 2.84. The number of nitrogens with zero attached hydrogens (tertiary/aromatic N) is 2. The Morgan fingerprint density at radius 2 is 1.56 bits per heavy atom. The van der Waals surface area contributed by atoms with Gasteiger partial charge in [0, 0.05) is 11.6 Å². The number of rotatable bonds is 6. The van der Waals surface area contributed by atoms with Gasteiger partial charge >= 0.3 is 6.03 Å². The topological polar surface area (TPSA) is 104 Å². The number of hydrogen-bond donors (Lipinski definition) is 1. The number of carbonyl (C=O) groups is 3. The molecule has 3 aromatic carbocycles. The van der Waals surface area contributed by atoms with Gasteiger partial charge in [0.05, 0.1) is 18.5 Å². The maximum absolute atomic E-state index is 13.8. The molecule has 0 bridgehead atoms. The average molecular weight is 504 g/mol. The van der Waals surface area contributed by atoms with E-state index >= 15 is 0 Å². The zero-order chi connectivity index (χ0) is 25.7. The van der Waals surface area contributed by atoms with E-state index < -0.39 is 39.8 Å². The molecule has 3 aromatic rings. The Labute approximate surface area is 209 Å². The fraction of sp³-hybridized carbons (Fsp3) is 0.222. The van der Waals surface area contributed by atoms with E-state index in [1.54, 1.807) is 60.7 Å². The van der Waals surface area contributed by atoms with Gasteiger partial charge in [0.1, 0.15) is 0 Å². The van der Waals surface area contributed by atoms with Crippen molar-refractivity contribution >= 4 is 33.4 Å². The minimum atomic E-state index is -3.45. The second-order valence-electron chi connectivity index (χ2n) is 9.18. The van der Waals surface area contributed by atoms with Crippen molar-refractivity contribution < 1.29 is 22.8 Å². The minimum Gasteiger partial charge on any atom is -0.315 e. The lowest BCUT2D eigenvalue weighted by Gasteiger charge is -2.28. The molecule has 1 saturated heterocycles. The molecule has 1 N–H and O–H groups in total. The maximum atomic E-state index is 13.8. The summed E-state index contributed by atoms with van der Waals surface area (Å²) in [6.45, 7) is 1.37. The largest absolute Gasteiger partial charge is 0.325 e. The second-order valence-corrected chi connectivity index (χ2v) is 11.0. The summed E-state index contributed by atoms with van der Waals surface area (Å²) in [7, 11) is -3.45. The molecule has 0 radical (unpaired) electrons. The summed E-state index contributed by atoms with van der Waals surface area (Å²) < 4.78 is 25.7. The average Bonchev–Trinajstić information content (AvgIpc) is 3.33. The van der Waals surface area contributed by atoms with Crippen molar-refractivity contribution in [1.82, 2.24) is 10.2 Å². The van der Waals surface area contributed by atoms with E-state index in [0.29, 0.717) is 28.8 Å². The van der Waals surface area contributed by atoms with Crippen molar-refractivity contribution in [3.8, 4) is 0 Å². The van der Waals surface area contributed by atoms with E-state index in [0.717, 1.165) is 16.7 Å². The van der Waals surface area contributed by atoms with Gasteiger partial charge in [-0.15, -0.1) is 0 Å². The summed E-state index contributed by atoms with van der Waals surface area (Å²) in [5.41, 5.74) is 1.34. The molecule has 2 aliphatic rings. The van der Waals surface area contributed by atoms with E-state index in [1.165, 1.54) is 10.4 Å². The molecule has 0 aromatic heterocycles. The smallest absolute Gasteiger partial charge is 0.315 e. The van der Waals surface area contributed by atoms with Gasteiger partial charge in [-0.05, 0) is 48.2 Å². The van der Waals surface area contributed by atoms with Crippen LogP contribution in [0, 0.1) is 0 Å². The summed E-state index contributed by atoms with van der Waals surface area (Å²) in [4.78, 5) is 41.0. The highest BCUT2D eigenvalue weighted by Gasteiger charge is 2.54. The van der Waals surface area contributed by atoms with Crippen LogP contribution in [0.3, 0.4) is 0 Å². The van der Waals surface area contributed by atoms with Gasteiger partial charge < -0.3 is 5.32 Å². The summed E-state index contributed by atoms with van der Waals surface area (Å²) >= 11 is 0. The highest BCUT2D eigenvalue weighted by Crippen LogP contribution is 2.37. The van der Waals surface area contributed by atoms with Crippen molar-refractivity contribution in [3.63, 3.8) is 0 Å². The Hall–Kier alpha value is -3.98. The molecular weight excluding hydrogens is 478 g/mol. The lowest BCUT2D eigenvalue weighted by atomic mass is 9.82. The van der Waals surface area contributed by atoms with Crippen molar-refractivity contribution in [1.29, 1.82) is 0 Å². The molecule has 0 saturated carbocycles. The van der Waals surface area contributed by atoms with Gasteiger partial charge in [0.2, 0.25) is 10.0 Å². The Balaban J connectivity index is 1.46. The molecule has 36 heavy (non-hydrogen) atoms. The van der Waals surface area contributed by atoms with Gasteiger partial charge in [0.25, 0.3) is 5.91 Å². The van der Waals surface area contributed by atoms with E-state index in [2.05, 4.69) is 5.32 Å². The normalized spacial score (nSPS) is 18.8. The summed E-state index contributed by atoms with van der Waals surface area (Å²) in [6.07, 6.45) is 1.62. The van der Waals surface area contributed by atoms with Crippen molar-refractivity contribution in [3.05, 3.63) is 101 Å². The van der Waals surface area contributed by atoms with Gasteiger partial charge in [-0.3, -0.25) is 18.8 Å². The molecule has 5 rings (SSSR count). The number of hydrogen-bond acceptors (Lipinski definition) is 5. The number of amides is 3. The lowest BCUT2D eigenvalue weighted by molar-refractivity contribution is -0.129. The Kier molecular flexibility index (Phi) is 5.67. The van der Waals surface area contributed by atoms with Crippen molar-refractivity contribution in [2.24, 2.45) is 0 Å². The van der Waals surface area contributed by atoms with E-state index in [4.69, 9.17) is 0 Å². The van der Waals surface area contributed by atoms with Crippen molar-refractivity contribution in [2.75, 3.05) is 17.1 Å². The van der Waals surface area contributed by atoms with E-state index in [9.17, 15) is 22.8 Å². The monoisotopic (exact) mass is 503 g/mol. The highest BCUT2D eigenvalue weighted by molar-refractivity contribution is 7.92. The predicted molar refractivity (Wildman–Crippen MR) is 135 cm³/mol. The van der Waals surface area contributed by atoms with Crippen LogP contribution in [0.15, 0.2) is 78.9 Å². The van der Waals surface area contributed by atoms with Crippen LogP contribution in [0.4, 0.5) is 10.5 Å². The van der Waals surface area contributed by atoms with Crippen molar-refractivity contribution in [2.45, 2.75) is 24.9 Å². The molecule has 2 heterocycles. The zero-order valence-electron chi connectivity index (χ0n) is 19.8. The molecular formula is C27H25N3O5S. The van der Waals surface area contributed by atoms with Gasteiger partial charge in [-0.25, -0.2) is 13.2 Å². The molecule has 3 amide bonds. The summed E-state index contributed by atoms with van der Waals surface area (Å²) in [5.74, 6) is -0.944. The Morgan fingerprint density at radius 3 is 2.11 bits per heavy atom. The second kappa shape index (κ2) is 8.60. The number of carbonyl (C=O) groups excluding carboxylic acids is 3. The fourth-order valence-electron chi connectivity index (χ4n) is 5.17. The molecule has 8 nitrogen and oxygen atoms in total. The minimum absolute atomic E-state index is 0.261. The first-order valence-electron chi connectivity index (χ1n) is 11.5. The number of benzene rings is 3. The van der Waals surface area contributed by atoms with Gasteiger partial charge in [-0.2, -0.15) is 0 Å². The fourth-order valence-corrected chi connectivity index (χ4v) is 6.43. The van der Waals surface area contributed by atoms with Gasteiger partial charge in [0.15, 0.2) is 11.3 Å². The molecule has 184 valence electrons. The molecule has 9 heteroatoms. The molecule has 0 unspecified atom stereocenters. The quantitative estimate of drug-likeness (QED) is 0.411. The number of sulfonamides is 1. The SMILES string of the molecule is C[C@@H]1Cc2cc(C(=O)CN3C(=O)NC(c4ccccc4)(c4ccccc4)C3=O)ccc2N1S(C)(=O)=O. The standard InChI is InChI=1S/C27H25N3O5S/c1-18-15-20-16-19(13-14-23(20)30(18)36(2,34)35)24(31)17-29-25(32)27(28-26(29)33,21-9-5-3-6-10-21)22-11-7-4-8-12-22/h3-14,16,18H,15,17H2,1-2H3,(H,28,33)/t18-/m1/s1. The van der Waals surface area contributed by atoms with Crippen LogP contribution in [-0.2, 0) is 26.8 Å². The maximum Gasteiger partial charge on any atom is 0.325 e. The van der Waals surface area contributed by atoms with Crippen LogP contribution in [0.25, 0.3) is 0 Å². The predicted octanol–water partition coefficient (Wildman–Crippen LogP) is 3.08. The lowest BCUT2D eigenvalue weighted by Crippen LogP contribution is -2.45. The summed E-state index contributed by atoms with van der Waals surface area (Å²) in [6, 6.07) is 21.8. The number of urea groups is 1. The first-order chi connectivity index (χ1) is 17.1. The molecule has 0 aliphatic carbocycles. The first kappa shape index (κ1) is 23.7. The number of ketones is 1. The van der Waals surface area contributed by atoms with Crippen LogP contribution >= 0.6 is 0 Å². The third kappa shape index (κ3) is 3.76. The Morgan fingerprint density at radius 1 is 0.972 bits per heavy atom. The molecule has 0 spiro atoms. The number of Topliss-reactive ketones (excluding diaryl/α,β-unsaturated/α-hetero) is 1. The molecule has 1 atom stereocenters. The third-order valence-electron chi connectivity index (χ3n) is 6.73. The Bertz CT molecular complexity index is 1430. The zero-order valence-corrected chi connectivity index (χ0v) is 20.7. The molecule has 2 aliphatic heterocycles. The van der Waals surface area contributed by atoms with E-state index in [1.807, 2.05) is 19.1 Å². The van der Waals surface area contributed by atoms with E-state index in [-0.39, 0.29) is 6.04 Å². The first-order valence-corrected chi connectivity index (χ1v) is 13.4. The number of imide groups is 1. The van der Waals surface area contributed by atoms with Crippen LogP contribution in [0.1, 0.15) is 34.0 Å². The third-order valence-corrected chi connectivity index (χ3v) is 8.00. The number of nitrogens with one attached hydrogen (secondary N) is 1. The highest BCUT2D eigenvalue weighted by atomic mass is 32.2. The van der Waals surface area contributed by atoms with Crippen LogP contribution in [-0.4, -0.2) is 49.9 Å². The van der Waals surface area contributed by atoms with Gasteiger partial charge in [-0.1, -0.05) is 60.7 Å². The van der Waals surface area contributed by atoms with Crippen LogP contribution < -0.4 is 9.62 Å². The van der Waals surface area contributed by atoms with Crippen LogP contribution in [0.2, 0.25) is 0 Å². The van der Waals surface area contributed by atoms with Crippen LogP contribution in [0.5, 0.6) is 0 Å².